The molecule has 0 aromatic carbocycles. The molecule has 0 aromatic heterocycles. The average Bonchev–Trinajstić information content (AvgIpc) is 1.61. The van der Waals surface area contributed by atoms with Gasteiger partial charge in [0.1, 0.15) is 0 Å². The molecule has 2 N–H and O–H groups in total. The molecule has 0 aliphatic heterocycles. The number of aliphatic hydroxyl groups excluding tert-OH is 1. The summed E-state index contributed by atoms with van der Waals surface area (Å²) in [6.07, 6.45) is -0.445. The Kier molecular flexibility index (Phi) is 3.19. The Morgan fingerprint density at radius 1 is 1.88 bits per heavy atom. The lowest BCUT2D eigenvalue weighted by atomic mass is 10.4. The van der Waals surface area contributed by atoms with Crippen LogP contribution in [0.2, 0.25) is 0 Å². The highest BCUT2D eigenvalue weighted by Crippen LogP contribution is 1.72. The topological polar surface area (TPSA) is 49.3 Å². The van der Waals surface area contributed by atoms with Gasteiger partial charge in [-0.05, 0) is 6.92 Å². The number of hydrogen-bond acceptors (Lipinski definition) is 2. The van der Waals surface area contributed by atoms with Crippen LogP contribution in [0.15, 0.2) is 0 Å². The lowest BCUT2D eigenvalue weighted by molar-refractivity contribution is -0.119. The summed E-state index contributed by atoms with van der Waals surface area (Å²) in [4.78, 5) is 10.1. The molecule has 0 aromatic rings. The monoisotopic (exact) mass is 117 g/mol. The predicted molar refractivity (Wildman–Crippen MR) is 30.4 cm³/mol. The SMILES string of the molecule is CC(=O)NC[C@H](C)O. The highest BCUT2D eigenvalue weighted by molar-refractivity contribution is 5.72. The number of hydrogen-bond donors (Lipinski definition) is 2. The molecule has 3 heteroatoms. The molecule has 0 fully saturated rings. The average molecular weight is 117 g/mol. The van der Waals surface area contributed by atoms with E-state index in [1.165, 1.54) is 6.92 Å². The van der Waals surface area contributed by atoms with E-state index in [-0.39, 0.29) is 5.91 Å². The van der Waals surface area contributed by atoms with Crippen LogP contribution in [0, 0.1) is 0 Å². The highest BCUT2D eigenvalue weighted by Gasteiger charge is 1.93. The number of carbonyl (C=O) groups is 1. The lowest BCUT2D eigenvalue weighted by Crippen LogP contribution is -2.28. The van der Waals surface area contributed by atoms with Gasteiger partial charge in [0.25, 0.3) is 0 Å². The van der Waals surface area contributed by atoms with E-state index in [0.717, 1.165) is 0 Å². The van der Waals surface area contributed by atoms with Crippen LogP contribution >= 0.6 is 0 Å². The summed E-state index contributed by atoms with van der Waals surface area (Å²) < 4.78 is 0. The van der Waals surface area contributed by atoms with Crippen LogP contribution in [0.3, 0.4) is 0 Å². The summed E-state index contributed by atoms with van der Waals surface area (Å²) in [6, 6.07) is 0. The van der Waals surface area contributed by atoms with Gasteiger partial charge in [-0.25, -0.2) is 0 Å². The zero-order valence-electron chi connectivity index (χ0n) is 5.14. The Morgan fingerprint density at radius 2 is 2.38 bits per heavy atom. The molecule has 0 saturated carbocycles. The van der Waals surface area contributed by atoms with Crippen LogP contribution in [0.4, 0.5) is 0 Å². The smallest absolute Gasteiger partial charge is 0.216 e. The molecule has 48 valence electrons. The molecule has 0 radical (unpaired) electrons. The number of carbonyl (C=O) groups excluding carboxylic acids is 1. The minimum Gasteiger partial charge on any atom is -0.392 e. The van der Waals surface area contributed by atoms with Crippen LogP contribution < -0.4 is 5.32 Å². The van der Waals surface area contributed by atoms with Gasteiger partial charge in [-0.3, -0.25) is 4.79 Å². The Morgan fingerprint density at radius 3 is 2.50 bits per heavy atom. The molecule has 0 heterocycles. The summed E-state index contributed by atoms with van der Waals surface area (Å²) >= 11 is 0. The molecule has 0 aliphatic rings. The number of rotatable bonds is 2. The molecule has 0 aliphatic carbocycles. The van der Waals surface area contributed by atoms with Crippen LogP contribution in [-0.2, 0) is 4.79 Å². The van der Waals surface area contributed by atoms with Gasteiger partial charge in [-0.1, -0.05) is 0 Å². The first kappa shape index (κ1) is 7.43. The van der Waals surface area contributed by atoms with E-state index in [2.05, 4.69) is 5.32 Å². The molecule has 0 rings (SSSR count). The highest BCUT2D eigenvalue weighted by atomic mass is 16.3. The fourth-order valence-corrected chi connectivity index (χ4v) is 0.291. The Labute approximate surface area is 48.7 Å². The fraction of sp³-hybridized carbons (Fsp3) is 0.800. The third-order valence-corrected chi connectivity index (χ3v) is 0.646. The second-order valence-electron chi connectivity index (χ2n) is 1.79. The van der Waals surface area contributed by atoms with Gasteiger partial charge >= 0.3 is 0 Å². The summed E-state index contributed by atoms with van der Waals surface area (Å²) in [5.41, 5.74) is 0. The normalized spacial score (nSPS) is 12.9. The van der Waals surface area contributed by atoms with Crippen molar-refractivity contribution in [3.63, 3.8) is 0 Å². The molecule has 0 spiro atoms. The zero-order chi connectivity index (χ0) is 6.57. The van der Waals surface area contributed by atoms with Crippen molar-refractivity contribution in [1.29, 1.82) is 0 Å². The molecule has 8 heavy (non-hydrogen) atoms. The van der Waals surface area contributed by atoms with Crippen molar-refractivity contribution in [2.24, 2.45) is 0 Å². The minimum atomic E-state index is -0.445. The third-order valence-electron chi connectivity index (χ3n) is 0.646. The number of amides is 1. The maximum atomic E-state index is 10.1. The maximum absolute atomic E-state index is 10.1. The van der Waals surface area contributed by atoms with Gasteiger partial charge < -0.3 is 10.4 Å². The van der Waals surface area contributed by atoms with E-state index < -0.39 is 6.10 Å². The number of aliphatic hydroxyl groups is 1. The first-order valence-corrected chi connectivity index (χ1v) is 2.55. The molecular weight excluding hydrogens is 106 g/mol. The summed E-state index contributed by atoms with van der Waals surface area (Å²) in [5, 5.41) is 11.0. The van der Waals surface area contributed by atoms with Crippen molar-refractivity contribution in [3.05, 3.63) is 0 Å². The molecular formula is C5H11NO2. The van der Waals surface area contributed by atoms with Crippen LogP contribution in [0.5, 0.6) is 0 Å². The Bertz CT molecular complexity index is 80.5. The van der Waals surface area contributed by atoms with Crippen molar-refractivity contribution < 1.29 is 9.90 Å². The van der Waals surface area contributed by atoms with Crippen molar-refractivity contribution in [3.8, 4) is 0 Å². The second kappa shape index (κ2) is 3.43. The van der Waals surface area contributed by atoms with Gasteiger partial charge in [0.05, 0.1) is 6.10 Å². The Balaban J connectivity index is 3.05. The second-order valence-corrected chi connectivity index (χ2v) is 1.79. The van der Waals surface area contributed by atoms with Crippen molar-refractivity contribution in [2.75, 3.05) is 6.54 Å². The van der Waals surface area contributed by atoms with Gasteiger partial charge in [0.15, 0.2) is 0 Å². The predicted octanol–water partition coefficient (Wildman–Crippen LogP) is -0.497. The third kappa shape index (κ3) is 5.43. The largest absolute Gasteiger partial charge is 0.392 e. The first-order valence-electron chi connectivity index (χ1n) is 2.55. The van der Waals surface area contributed by atoms with Gasteiger partial charge in [-0.15, -0.1) is 0 Å². The van der Waals surface area contributed by atoms with Gasteiger partial charge in [0, 0.05) is 13.5 Å². The Hall–Kier alpha value is -0.570. The molecule has 1 amide bonds. The molecule has 3 nitrogen and oxygen atoms in total. The number of nitrogens with one attached hydrogen (secondary N) is 1. The summed E-state index contributed by atoms with van der Waals surface area (Å²) in [6.45, 7) is 3.38. The summed E-state index contributed by atoms with van der Waals surface area (Å²) in [5.74, 6) is -0.106. The molecule has 1 atom stereocenters. The molecule has 0 saturated heterocycles. The lowest BCUT2D eigenvalue weighted by Gasteiger charge is -2.02. The molecule has 0 unspecified atom stereocenters. The van der Waals surface area contributed by atoms with E-state index in [1.807, 2.05) is 0 Å². The van der Waals surface area contributed by atoms with Gasteiger partial charge in [0.2, 0.25) is 5.91 Å². The van der Waals surface area contributed by atoms with E-state index in [0.29, 0.717) is 6.54 Å². The van der Waals surface area contributed by atoms with Crippen LogP contribution in [0.25, 0.3) is 0 Å². The van der Waals surface area contributed by atoms with Gasteiger partial charge in [-0.2, -0.15) is 0 Å². The van der Waals surface area contributed by atoms with E-state index >= 15 is 0 Å². The van der Waals surface area contributed by atoms with E-state index in [1.54, 1.807) is 6.92 Å². The van der Waals surface area contributed by atoms with Crippen LogP contribution in [-0.4, -0.2) is 23.7 Å². The van der Waals surface area contributed by atoms with Crippen molar-refractivity contribution in [2.45, 2.75) is 20.0 Å². The zero-order valence-corrected chi connectivity index (χ0v) is 5.14. The maximum Gasteiger partial charge on any atom is 0.216 e. The standard InChI is InChI=1S/C5H11NO2/c1-4(7)3-6-5(2)8/h4,7H,3H2,1-2H3,(H,6,8)/t4-/m0/s1. The van der Waals surface area contributed by atoms with Crippen molar-refractivity contribution in [1.82, 2.24) is 5.32 Å². The van der Waals surface area contributed by atoms with Crippen LogP contribution in [0.1, 0.15) is 13.8 Å². The fourth-order valence-electron chi connectivity index (χ4n) is 0.291. The molecule has 0 bridgehead atoms. The van der Waals surface area contributed by atoms with E-state index in [9.17, 15) is 4.79 Å². The first-order chi connectivity index (χ1) is 3.63. The van der Waals surface area contributed by atoms with E-state index in [4.69, 9.17) is 5.11 Å². The summed E-state index contributed by atoms with van der Waals surface area (Å²) in [7, 11) is 0. The van der Waals surface area contributed by atoms with Crippen molar-refractivity contribution >= 4 is 5.91 Å². The quantitative estimate of drug-likeness (QED) is 0.512. The minimum absolute atomic E-state index is 0.106.